The van der Waals surface area contributed by atoms with Crippen molar-refractivity contribution >= 4 is 6.16 Å². The summed E-state index contributed by atoms with van der Waals surface area (Å²) in [7, 11) is 0. The molecule has 0 heterocycles. The largest absolute Gasteiger partial charge is 0.734 e. The molecule has 0 rings (SSSR count). The van der Waals surface area contributed by atoms with E-state index < -0.39 is 33.3 Å². The molecule has 0 N–H and O–H groups in total. The van der Waals surface area contributed by atoms with Gasteiger partial charge in [-0.05, 0) is 6.92 Å². The molecule has 0 spiro atoms. The van der Waals surface area contributed by atoms with E-state index in [0.29, 0.717) is 0 Å². The van der Waals surface area contributed by atoms with Gasteiger partial charge < -0.3 is 9.47 Å². The zero-order valence-corrected chi connectivity index (χ0v) is 8.43. The Morgan fingerprint density at radius 1 is 1.06 bits per heavy atom. The number of nitro groups is 3. The summed E-state index contributed by atoms with van der Waals surface area (Å²) in [6.07, 6.45) is -1.47. The summed E-state index contributed by atoms with van der Waals surface area (Å²) in [5.41, 5.74) is 0. The van der Waals surface area contributed by atoms with Gasteiger partial charge in [0, 0.05) is 0 Å². The molecule has 0 aromatic heterocycles. The molecule has 0 aliphatic carbocycles. The molecule has 12 heteroatoms. The monoisotopic (exact) mass is 253 g/mol. The summed E-state index contributed by atoms with van der Waals surface area (Å²) in [5.74, 6) is -3.83. The fourth-order valence-corrected chi connectivity index (χ4v) is 0.673. The van der Waals surface area contributed by atoms with Crippen LogP contribution in [-0.2, 0) is 9.47 Å². The lowest BCUT2D eigenvalue weighted by Crippen LogP contribution is -2.57. The molecule has 0 saturated heterocycles. The third-order valence-corrected chi connectivity index (χ3v) is 1.52. The number of hydrogen-bond donors (Lipinski definition) is 0. The van der Waals surface area contributed by atoms with Crippen LogP contribution in [0, 0.1) is 30.3 Å². The van der Waals surface area contributed by atoms with Crippen molar-refractivity contribution < 1.29 is 29.0 Å². The Bertz CT molecular complexity index is 317. The van der Waals surface area contributed by atoms with Crippen LogP contribution in [0.2, 0.25) is 0 Å². The third kappa shape index (κ3) is 2.96. The van der Waals surface area contributed by atoms with Crippen LogP contribution in [0.3, 0.4) is 0 Å². The highest BCUT2D eigenvalue weighted by molar-refractivity contribution is 5.59. The normalized spacial score (nSPS) is 10.4. The Hall–Kier alpha value is -2.53. The van der Waals surface area contributed by atoms with Crippen molar-refractivity contribution in [3.63, 3.8) is 0 Å². The number of ether oxygens (including phenoxy) is 2. The van der Waals surface area contributed by atoms with Gasteiger partial charge in [-0.2, -0.15) is 0 Å². The molecule has 17 heavy (non-hydrogen) atoms. The minimum atomic E-state index is -3.83. The van der Waals surface area contributed by atoms with Crippen LogP contribution in [0.1, 0.15) is 6.92 Å². The first kappa shape index (κ1) is 14.5. The van der Waals surface area contributed by atoms with Crippen LogP contribution in [0.15, 0.2) is 0 Å². The van der Waals surface area contributed by atoms with Crippen LogP contribution >= 0.6 is 0 Å². The maximum Gasteiger partial charge on any atom is 0.734 e. The smallest absolute Gasteiger partial charge is 0.435 e. The van der Waals surface area contributed by atoms with E-state index in [-0.39, 0.29) is 6.61 Å². The van der Waals surface area contributed by atoms with E-state index in [4.69, 9.17) is 0 Å². The van der Waals surface area contributed by atoms with Crippen molar-refractivity contribution in [1.29, 1.82) is 0 Å². The second-order valence-corrected chi connectivity index (χ2v) is 2.52. The molecule has 0 bridgehead atoms. The van der Waals surface area contributed by atoms with Gasteiger partial charge in [-0.25, -0.2) is 4.79 Å². The van der Waals surface area contributed by atoms with Gasteiger partial charge in [0.05, 0.1) is 6.61 Å². The van der Waals surface area contributed by atoms with Crippen LogP contribution < -0.4 is 0 Å². The van der Waals surface area contributed by atoms with Gasteiger partial charge >= 0.3 is 18.5 Å². The van der Waals surface area contributed by atoms with E-state index in [1.54, 1.807) is 0 Å². The van der Waals surface area contributed by atoms with Crippen molar-refractivity contribution in [3.05, 3.63) is 30.3 Å². The average molecular weight is 253 g/mol. The minimum absolute atomic E-state index is 0.152. The zero-order chi connectivity index (χ0) is 13.6. The molecule has 0 aromatic rings. The Morgan fingerprint density at radius 2 is 1.47 bits per heavy atom. The van der Waals surface area contributed by atoms with Gasteiger partial charge in [0.25, 0.3) is 0 Å². The molecule has 0 aliphatic heterocycles. The van der Waals surface area contributed by atoms with E-state index in [0.717, 1.165) is 0 Å². The minimum Gasteiger partial charge on any atom is -0.435 e. The molecule has 0 amide bonds. The van der Waals surface area contributed by atoms with Gasteiger partial charge in [-0.1, -0.05) is 0 Å². The van der Waals surface area contributed by atoms with Crippen LogP contribution in [-0.4, -0.2) is 39.9 Å². The van der Waals surface area contributed by atoms with Crippen LogP contribution in [0.4, 0.5) is 4.79 Å². The van der Waals surface area contributed by atoms with Crippen molar-refractivity contribution in [2.45, 2.75) is 12.7 Å². The molecule has 0 atom stereocenters. The molecular formula is C5H7N3O9. The lowest BCUT2D eigenvalue weighted by molar-refractivity contribution is -0.970. The van der Waals surface area contributed by atoms with Crippen molar-refractivity contribution in [2.24, 2.45) is 0 Å². The summed E-state index contributed by atoms with van der Waals surface area (Å²) < 4.78 is 8.09. The van der Waals surface area contributed by atoms with E-state index in [1.165, 1.54) is 6.92 Å². The predicted molar refractivity (Wildman–Crippen MR) is 46.7 cm³/mol. The zero-order valence-electron chi connectivity index (χ0n) is 8.43. The Labute approximate surface area is 92.5 Å². The SMILES string of the molecule is CCOC(=O)OCC([N+](=O)[O-])([N+](=O)[O-])[N+](=O)[O-]. The summed E-state index contributed by atoms with van der Waals surface area (Å²) in [5, 5.41) is 31.1. The number of carbonyl (C=O) groups excluding carboxylic acids is 1. The Kier molecular flexibility index (Phi) is 4.70. The molecular weight excluding hydrogens is 246 g/mol. The van der Waals surface area contributed by atoms with Gasteiger partial charge in [0.2, 0.25) is 0 Å². The third-order valence-electron chi connectivity index (χ3n) is 1.52. The van der Waals surface area contributed by atoms with Crippen molar-refractivity contribution in [1.82, 2.24) is 0 Å². The van der Waals surface area contributed by atoms with Crippen LogP contribution in [0.5, 0.6) is 0 Å². The topological polar surface area (TPSA) is 165 Å². The highest BCUT2D eigenvalue weighted by Crippen LogP contribution is 2.13. The second kappa shape index (κ2) is 5.53. The maximum absolute atomic E-state index is 10.6. The van der Waals surface area contributed by atoms with Crippen molar-refractivity contribution in [3.8, 4) is 0 Å². The molecule has 96 valence electrons. The first-order valence-electron chi connectivity index (χ1n) is 4.02. The first-order valence-corrected chi connectivity index (χ1v) is 4.02. The lowest BCUT2D eigenvalue weighted by Gasteiger charge is -2.08. The Balaban J connectivity index is 4.95. The fourth-order valence-electron chi connectivity index (χ4n) is 0.673. The van der Waals surface area contributed by atoms with E-state index in [1.807, 2.05) is 0 Å². The number of hydrogen-bond acceptors (Lipinski definition) is 9. The molecule has 12 nitrogen and oxygen atoms in total. The number of carbonyl (C=O) groups is 1. The molecule has 0 unspecified atom stereocenters. The van der Waals surface area contributed by atoms with Gasteiger partial charge in [0.15, 0.2) is 14.8 Å². The number of rotatable bonds is 6. The quantitative estimate of drug-likeness (QED) is 0.266. The van der Waals surface area contributed by atoms with Gasteiger partial charge in [0.1, 0.15) is 0 Å². The summed E-state index contributed by atoms with van der Waals surface area (Å²) in [4.78, 5) is 36.5. The number of nitrogens with zero attached hydrogens (tertiary/aromatic N) is 3. The van der Waals surface area contributed by atoms with Crippen LogP contribution in [0.25, 0.3) is 0 Å². The Morgan fingerprint density at radius 3 is 1.76 bits per heavy atom. The van der Waals surface area contributed by atoms with E-state index in [2.05, 4.69) is 9.47 Å². The molecule has 0 fully saturated rings. The lowest BCUT2D eigenvalue weighted by atomic mass is 10.4. The summed E-state index contributed by atoms with van der Waals surface area (Å²) in [6.45, 7) is -0.441. The van der Waals surface area contributed by atoms with Gasteiger partial charge in [-0.15, -0.1) is 0 Å². The van der Waals surface area contributed by atoms with Gasteiger partial charge in [-0.3, -0.25) is 30.3 Å². The highest BCUT2D eigenvalue weighted by Gasteiger charge is 2.72. The predicted octanol–water partition coefficient (Wildman–Crippen LogP) is -0.357. The highest BCUT2D eigenvalue weighted by atomic mass is 16.8. The van der Waals surface area contributed by atoms with E-state index in [9.17, 15) is 35.1 Å². The van der Waals surface area contributed by atoms with E-state index >= 15 is 0 Å². The second-order valence-electron chi connectivity index (χ2n) is 2.52. The fraction of sp³-hybridized carbons (Fsp3) is 0.800. The van der Waals surface area contributed by atoms with Crippen molar-refractivity contribution in [2.75, 3.05) is 13.2 Å². The first-order chi connectivity index (χ1) is 7.78. The standard InChI is InChI=1S/C5H7N3O9/c1-2-16-4(9)17-3-5(6(10)11,7(12)13)8(14)15/h2-3H2,1H3. The molecule has 0 aromatic carbocycles. The molecule has 0 saturated carbocycles. The molecule has 0 aliphatic rings. The molecule has 0 radical (unpaired) electrons. The maximum atomic E-state index is 10.6. The summed E-state index contributed by atoms with van der Waals surface area (Å²) >= 11 is 0. The summed E-state index contributed by atoms with van der Waals surface area (Å²) in [6, 6.07) is 0. The average Bonchev–Trinajstić information content (AvgIpc) is 2.17.